The molecule has 0 aliphatic heterocycles. The van der Waals surface area contributed by atoms with E-state index < -0.39 is 8.07 Å². The highest BCUT2D eigenvalue weighted by atomic mass is 32.1. The summed E-state index contributed by atoms with van der Waals surface area (Å²) in [6, 6.07) is 8.42. The molecule has 0 amide bonds. The second-order valence-electron chi connectivity index (χ2n) is 7.31. The van der Waals surface area contributed by atoms with Crippen molar-refractivity contribution in [1.29, 1.82) is 0 Å². The van der Waals surface area contributed by atoms with Crippen molar-refractivity contribution in [2.45, 2.75) is 64.7 Å². The van der Waals surface area contributed by atoms with E-state index in [2.05, 4.69) is 87.8 Å². The monoisotopic (exact) mass is 354 g/mol. The van der Waals surface area contributed by atoms with Gasteiger partial charge < -0.3 is 0 Å². The molecule has 3 heteroatoms. The van der Waals surface area contributed by atoms with Gasteiger partial charge in [-0.3, -0.25) is 0 Å². The molecule has 0 atom stereocenters. The van der Waals surface area contributed by atoms with Gasteiger partial charge in [0.2, 0.25) is 12.1 Å². The number of aromatic nitrogens is 1. The summed E-state index contributed by atoms with van der Waals surface area (Å²) in [6.45, 7) is 14.7. The van der Waals surface area contributed by atoms with Gasteiger partial charge in [0.05, 0.1) is 0 Å². The average molecular weight is 355 g/mol. The molecular weight excluding hydrogens is 326 g/mol. The van der Waals surface area contributed by atoms with Crippen LogP contribution in [0.4, 0.5) is 0 Å². The number of para-hydroxylation sites is 1. The van der Waals surface area contributed by atoms with Gasteiger partial charge in [0.1, 0.15) is 12.8 Å². The van der Waals surface area contributed by atoms with Crippen molar-refractivity contribution in [3.05, 3.63) is 29.3 Å². The first-order valence-electron chi connectivity index (χ1n) is 8.72. The number of fused-ring (bicyclic) bond motifs is 1. The summed E-state index contributed by atoms with van der Waals surface area (Å²) >= 11 is 1.76. The highest BCUT2D eigenvalue weighted by Crippen LogP contribution is 2.40. The van der Waals surface area contributed by atoms with Crippen LogP contribution in [0.1, 0.15) is 46.6 Å². The molecule has 0 saturated carbocycles. The summed E-state index contributed by atoms with van der Waals surface area (Å²) in [5.41, 5.74) is 6.93. The van der Waals surface area contributed by atoms with Gasteiger partial charge >= 0.3 is 5.01 Å². The Bertz CT molecular complexity index is 790. The molecule has 1 nitrogen and oxygen atoms in total. The Kier molecular flexibility index (Phi) is 5.91. The van der Waals surface area contributed by atoms with Gasteiger partial charge in [-0.1, -0.05) is 65.0 Å². The number of rotatable bonds is 4. The maximum atomic E-state index is 5.60. The maximum Gasteiger partial charge on any atom is 0.315 e. The maximum absolute atomic E-state index is 5.60. The first-order valence-corrected chi connectivity index (χ1v) is 11.8. The molecule has 0 fully saturated rings. The largest absolute Gasteiger partial charge is 0.315 e. The molecule has 0 radical (unpaired) electrons. The smallest absolute Gasteiger partial charge is 0.163 e. The molecule has 0 spiro atoms. The van der Waals surface area contributed by atoms with Crippen LogP contribution >= 0.6 is 11.3 Å². The van der Waals surface area contributed by atoms with Crippen molar-refractivity contribution in [3.8, 4) is 23.8 Å². The molecule has 0 bridgehead atoms. The summed E-state index contributed by atoms with van der Waals surface area (Å²) in [4.78, 5) is 0. The predicted octanol–water partition coefficient (Wildman–Crippen LogP) is 5.39. The Morgan fingerprint density at radius 1 is 1.04 bits per heavy atom. The molecule has 24 heavy (non-hydrogen) atoms. The van der Waals surface area contributed by atoms with Gasteiger partial charge in [0.25, 0.3) is 0 Å². The lowest BCUT2D eigenvalue weighted by molar-refractivity contribution is -0.656. The molecule has 0 aliphatic rings. The van der Waals surface area contributed by atoms with Crippen LogP contribution in [0, 0.1) is 23.8 Å². The molecule has 1 aromatic carbocycles. The van der Waals surface area contributed by atoms with Gasteiger partial charge in [-0.15, -0.1) is 12.0 Å². The Hall–Kier alpha value is -1.55. The van der Waals surface area contributed by atoms with Crippen molar-refractivity contribution < 1.29 is 4.57 Å². The van der Waals surface area contributed by atoms with Crippen LogP contribution in [-0.4, -0.2) is 8.07 Å². The number of hydrogen-bond acceptors (Lipinski definition) is 1. The lowest BCUT2D eigenvalue weighted by Crippen LogP contribution is -2.43. The minimum absolute atomic E-state index is 0.577. The Morgan fingerprint density at radius 3 is 2.17 bits per heavy atom. The fraction of sp³-hybridized carbons (Fsp3) is 0.476. The lowest BCUT2D eigenvalue weighted by Gasteiger charge is -2.37. The standard InChI is InChI=1S/C21H28NSSi/c1-8-14-22-19-11-9-10-12-20(19)23-21(22)13-15-24(16(2)3,17(4)5)18(6)7/h1,9-12,16-18H,14H2,2-7H3/q+1. The zero-order valence-electron chi connectivity index (χ0n) is 15.7. The number of terminal acetylenes is 1. The van der Waals surface area contributed by atoms with E-state index in [-0.39, 0.29) is 0 Å². The fourth-order valence-corrected chi connectivity index (χ4v) is 10.3. The van der Waals surface area contributed by atoms with Crippen molar-refractivity contribution >= 4 is 29.6 Å². The fourth-order valence-electron chi connectivity index (χ4n) is 3.97. The Labute approximate surface area is 152 Å². The molecule has 0 unspecified atom stereocenters. The van der Waals surface area contributed by atoms with Crippen LogP contribution in [-0.2, 0) is 6.54 Å². The van der Waals surface area contributed by atoms with Gasteiger partial charge in [-0.25, -0.2) is 0 Å². The van der Waals surface area contributed by atoms with Crippen molar-refractivity contribution in [1.82, 2.24) is 0 Å². The summed E-state index contributed by atoms with van der Waals surface area (Å²) in [5.74, 6) is 6.35. The van der Waals surface area contributed by atoms with Crippen molar-refractivity contribution in [2.24, 2.45) is 0 Å². The van der Waals surface area contributed by atoms with Crippen LogP contribution in [0.2, 0.25) is 16.6 Å². The van der Waals surface area contributed by atoms with Crippen LogP contribution in [0.15, 0.2) is 24.3 Å². The van der Waals surface area contributed by atoms with E-state index in [1.54, 1.807) is 11.3 Å². The van der Waals surface area contributed by atoms with Gasteiger partial charge in [-0.2, -0.15) is 4.57 Å². The van der Waals surface area contributed by atoms with E-state index in [1.165, 1.54) is 10.2 Å². The molecule has 2 aromatic rings. The van der Waals surface area contributed by atoms with E-state index in [0.29, 0.717) is 23.2 Å². The first kappa shape index (κ1) is 18.8. The minimum Gasteiger partial charge on any atom is -0.163 e. The SMILES string of the molecule is C#CC[n+]1c(C#C[Si](C(C)C)(C(C)C)C(C)C)sc2ccccc21. The van der Waals surface area contributed by atoms with E-state index in [4.69, 9.17) is 6.42 Å². The Balaban J connectivity index is 2.62. The number of nitrogens with zero attached hydrogens (tertiary/aromatic N) is 1. The second-order valence-corrected chi connectivity index (χ2v) is 13.9. The molecule has 0 saturated heterocycles. The highest BCUT2D eigenvalue weighted by Gasteiger charge is 2.42. The molecule has 0 aliphatic carbocycles. The third kappa shape index (κ3) is 3.29. The van der Waals surface area contributed by atoms with E-state index in [1.807, 2.05) is 0 Å². The van der Waals surface area contributed by atoms with E-state index >= 15 is 0 Å². The lowest BCUT2D eigenvalue weighted by atomic mass is 10.3. The van der Waals surface area contributed by atoms with Crippen molar-refractivity contribution in [2.75, 3.05) is 0 Å². The first-order chi connectivity index (χ1) is 11.3. The third-order valence-electron chi connectivity index (χ3n) is 5.11. The minimum atomic E-state index is -1.72. The number of thiazole rings is 1. The molecule has 1 heterocycles. The predicted molar refractivity (Wildman–Crippen MR) is 109 cm³/mol. The van der Waals surface area contributed by atoms with Gasteiger partial charge in [-0.05, 0) is 28.6 Å². The molecule has 1 aromatic heterocycles. The molecular formula is C21H28NSSi+. The topological polar surface area (TPSA) is 3.88 Å². The zero-order valence-corrected chi connectivity index (χ0v) is 17.5. The van der Waals surface area contributed by atoms with Crippen LogP contribution in [0.25, 0.3) is 10.2 Å². The normalized spacial score (nSPS) is 11.8. The average Bonchev–Trinajstić information content (AvgIpc) is 2.85. The summed E-state index contributed by atoms with van der Waals surface area (Å²) in [5, 5.41) is 1.09. The quantitative estimate of drug-likeness (QED) is 0.394. The van der Waals surface area contributed by atoms with Gasteiger partial charge in [0, 0.05) is 12.0 Å². The van der Waals surface area contributed by atoms with Crippen molar-refractivity contribution in [3.63, 3.8) is 0 Å². The highest BCUT2D eigenvalue weighted by molar-refractivity contribution is 7.18. The second kappa shape index (κ2) is 7.56. The number of benzene rings is 1. The summed E-state index contributed by atoms with van der Waals surface area (Å²) in [6.07, 6.45) is 5.60. The van der Waals surface area contributed by atoms with Crippen LogP contribution < -0.4 is 4.57 Å². The van der Waals surface area contributed by atoms with Crippen LogP contribution in [0.5, 0.6) is 0 Å². The third-order valence-corrected chi connectivity index (χ3v) is 12.5. The summed E-state index contributed by atoms with van der Waals surface area (Å²) in [7, 11) is -1.72. The zero-order chi connectivity index (χ0) is 17.9. The van der Waals surface area contributed by atoms with Gasteiger partial charge in [0.15, 0.2) is 0 Å². The summed E-state index contributed by atoms with van der Waals surface area (Å²) < 4.78 is 3.44. The molecule has 0 N–H and O–H groups in total. The van der Waals surface area contributed by atoms with E-state index in [9.17, 15) is 0 Å². The number of hydrogen-bond donors (Lipinski definition) is 0. The Morgan fingerprint density at radius 2 is 1.62 bits per heavy atom. The van der Waals surface area contributed by atoms with Crippen LogP contribution in [0.3, 0.4) is 0 Å². The molecule has 126 valence electrons. The van der Waals surface area contributed by atoms with E-state index in [0.717, 1.165) is 5.01 Å². The molecule has 2 rings (SSSR count).